The smallest absolute Gasteiger partial charge is 0.276 e. The van der Waals surface area contributed by atoms with Crippen molar-refractivity contribution >= 4 is 5.91 Å². The molecule has 1 unspecified atom stereocenters. The van der Waals surface area contributed by atoms with Gasteiger partial charge in [0, 0.05) is 19.9 Å². The Morgan fingerprint density at radius 1 is 1.67 bits per heavy atom. The number of hydrogen-bond acceptors (Lipinski definition) is 2. The van der Waals surface area contributed by atoms with Crippen molar-refractivity contribution < 1.29 is 18.7 Å². The van der Waals surface area contributed by atoms with E-state index in [4.69, 9.17) is 5.11 Å². The zero-order valence-electron chi connectivity index (χ0n) is 6.76. The summed E-state index contributed by atoms with van der Waals surface area (Å²) in [6, 6.07) is 0. The van der Waals surface area contributed by atoms with Crippen molar-refractivity contribution in [1.82, 2.24) is 4.90 Å². The van der Waals surface area contributed by atoms with Crippen LogP contribution in [0.1, 0.15) is 13.3 Å². The number of rotatable bonds is 0. The number of aliphatic hydroxyl groups is 1. The number of halogens is 2. The maximum absolute atomic E-state index is 12.6. The van der Waals surface area contributed by atoms with Crippen LogP contribution in [0.5, 0.6) is 0 Å². The predicted molar refractivity (Wildman–Crippen MR) is 37.8 cm³/mol. The Morgan fingerprint density at radius 2 is 2.25 bits per heavy atom. The molecule has 1 atom stereocenters. The fourth-order valence-electron chi connectivity index (χ4n) is 1.17. The second-order valence-corrected chi connectivity index (χ2v) is 2.99. The highest BCUT2D eigenvalue weighted by atomic mass is 19.3. The number of β-amino-alcohol motifs (C(OH)–C–C–N with tert-alkyl or cyclic N) is 1. The van der Waals surface area contributed by atoms with Crippen LogP contribution < -0.4 is 0 Å². The molecule has 70 valence electrons. The van der Waals surface area contributed by atoms with E-state index in [9.17, 15) is 13.6 Å². The van der Waals surface area contributed by atoms with Gasteiger partial charge in [-0.05, 0) is 0 Å². The van der Waals surface area contributed by atoms with E-state index in [0.29, 0.717) is 0 Å². The summed E-state index contributed by atoms with van der Waals surface area (Å²) in [7, 11) is 0. The first-order valence-corrected chi connectivity index (χ1v) is 3.75. The third-order valence-electron chi connectivity index (χ3n) is 2.04. The summed E-state index contributed by atoms with van der Waals surface area (Å²) in [5.74, 6) is -3.31. The number of amides is 1. The second-order valence-electron chi connectivity index (χ2n) is 2.99. The highest BCUT2D eigenvalue weighted by Crippen LogP contribution is 2.27. The van der Waals surface area contributed by atoms with Crippen LogP contribution in [0.2, 0.25) is 0 Å². The van der Waals surface area contributed by atoms with Crippen LogP contribution in [-0.2, 0) is 4.79 Å². The van der Waals surface area contributed by atoms with Crippen molar-refractivity contribution in [1.29, 1.82) is 0 Å². The molecule has 0 saturated carbocycles. The van der Waals surface area contributed by atoms with Crippen molar-refractivity contribution in [3.63, 3.8) is 0 Å². The van der Waals surface area contributed by atoms with E-state index in [0.717, 1.165) is 0 Å². The molecular weight excluding hydrogens is 168 g/mol. The molecule has 0 aromatic heterocycles. The topological polar surface area (TPSA) is 40.5 Å². The molecule has 1 aliphatic rings. The zero-order valence-corrected chi connectivity index (χ0v) is 6.76. The molecule has 0 radical (unpaired) electrons. The Morgan fingerprint density at radius 3 is 2.67 bits per heavy atom. The van der Waals surface area contributed by atoms with Gasteiger partial charge >= 0.3 is 0 Å². The minimum Gasteiger partial charge on any atom is -0.385 e. The standard InChI is InChI=1S/C7H11F2NO2/c1-5(11)10-3-2-7(8,9)6(12)4-10/h6,12H,2-4H2,1H3. The number of likely N-dealkylation sites (tertiary alicyclic amines) is 1. The second kappa shape index (κ2) is 2.97. The van der Waals surface area contributed by atoms with Gasteiger partial charge in [-0.15, -0.1) is 0 Å². The number of hydrogen-bond donors (Lipinski definition) is 1. The van der Waals surface area contributed by atoms with E-state index in [1.807, 2.05) is 0 Å². The fraction of sp³-hybridized carbons (Fsp3) is 0.857. The molecule has 1 fully saturated rings. The first kappa shape index (κ1) is 9.38. The predicted octanol–water partition coefficient (Wildman–Crippen LogP) is 0.235. The van der Waals surface area contributed by atoms with E-state index in [1.165, 1.54) is 11.8 Å². The van der Waals surface area contributed by atoms with Gasteiger partial charge in [-0.2, -0.15) is 0 Å². The van der Waals surface area contributed by atoms with E-state index in [1.54, 1.807) is 0 Å². The van der Waals surface area contributed by atoms with Crippen LogP contribution in [0.4, 0.5) is 8.78 Å². The Bertz CT molecular complexity index is 196. The number of carbonyl (C=O) groups is 1. The van der Waals surface area contributed by atoms with Crippen LogP contribution in [-0.4, -0.2) is 41.0 Å². The molecule has 1 amide bonds. The summed E-state index contributed by atoms with van der Waals surface area (Å²) in [6.07, 6.45) is -2.16. The minimum absolute atomic E-state index is 0.0272. The minimum atomic E-state index is -3.04. The van der Waals surface area contributed by atoms with Gasteiger partial charge in [0.1, 0.15) is 6.10 Å². The monoisotopic (exact) mass is 179 g/mol. The van der Waals surface area contributed by atoms with E-state index >= 15 is 0 Å². The maximum Gasteiger partial charge on any atom is 0.276 e. The number of piperidine rings is 1. The Kier molecular flexibility index (Phi) is 2.32. The maximum atomic E-state index is 12.6. The van der Waals surface area contributed by atoms with Crippen molar-refractivity contribution in [3.05, 3.63) is 0 Å². The Hall–Kier alpha value is -0.710. The first-order valence-electron chi connectivity index (χ1n) is 3.75. The lowest BCUT2D eigenvalue weighted by molar-refractivity contribution is -0.160. The molecule has 3 nitrogen and oxygen atoms in total. The Balaban J connectivity index is 2.58. The number of nitrogens with zero attached hydrogens (tertiary/aromatic N) is 1. The van der Waals surface area contributed by atoms with Gasteiger partial charge in [0.2, 0.25) is 5.91 Å². The first-order chi connectivity index (χ1) is 5.43. The molecule has 1 aliphatic heterocycles. The Labute approximate surface area is 69.0 Å². The van der Waals surface area contributed by atoms with Gasteiger partial charge in [0.25, 0.3) is 5.92 Å². The van der Waals surface area contributed by atoms with Crippen LogP contribution in [0.15, 0.2) is 0 Å². The molecule has 0 aromatic rings. The molecule has 0 aromatic carbocycles. The quantitative estimate of drug-likeness (QED) is 0.578. The molecule has 0 bridgehead atoms. The molecule has 12 heavy (non-hydrogen) atoms. The normalized spacial score (nSPS) is 28.7. The number of alkyl halides is 2. The molecule has 0 aliphatic carbocycles. The third kappa shape index (κ3) is 1.72. The summed E-state index contributed by atoms with van der Waals surface area (Å²) >= 11 is 0. The molecular formula is C7H11F2NO2. The molecule has 1 saturated heterocycles. The van der Waals surface area contributed by atoms with Gasteiger partial charge in [0.05, 0.1) is 6.54 Å². The average molecular weight is 179 g/mol. The van der Waals surface area contributed by atoms with Crippen molar-refractivity contribution in [2.24, 2.45) is 0 Å². The highest BCUT2D eigenvalue weighted by Gasteiger charge is 2.43. The molecule has 5 heteroatoms. The lowest BCUT2D eigenvalue weighted by Crippen LogP contribution is -2.51. The fourth-order valence-corrected chi connectivity index (χ4v) is 1.17. The lowest BCUT2D eigenvalue weighted by Gasteiger charge is -2.34. The van der Waals surface area contributed by atoms with Crippen molar-refractivity contribution in [2.45, 2.75) is 25.4 Å². The largest absolute Gasteiger partial charge is 0.385 e. The van der Waals surface area contributed by atoms with Gasteiger partial charge in [-0.3, -0.25) is 4.79 Å². The van der Waals surface area contributed by atoms with Crippen molar-refractivity contribution in [3.8, 4) is 0 Å². The van der Waals surface area contributed by atoms with Crippen molar-refractivity contribution in [2.75, 3.05) is 13.1 Å². The lowest BCUT2D eigenvalue weighted by atomic mass is 10.0. The number of aliphatic hydroxyl groups excluding tert-OH is 1. The van der Waals surface area contributed by atoms with Gasteiger partial charge in [-0.25, -0.2) is 8.78 Å². The zero-order chi connectivity index (χ0) is 9.35. The van der Waals surface area contributed by atoms with E-state index < -0.39 is 18.4 Å². The summed E-state index contributed by atoms with van der Waals surface area (Å²) in [5, 5.41) is 8.91. The van der Waals surface area contributed by atoms with Crippen LogP contribution >= 0.6 is 0 Å². The van der Waals surface area contributed by atoms with Gasteiger partial charge in [-0.1, -0.05) is 0 Å². The van der Waals surface area contributed by atoms with Crippen LogP contribution in [0, 0.1) is 0 Å². The SMILES string of the molecule is CC(=O)N1CCC(F)(F)C(O)C1. The van der Waals surface area contributed by atoms with Gasteiger partial charge in [0.15, 0.2) is 0 Å². The molecule has 1 N–H and O–H groups in total. The summed E-state index contributed by atoms with van der Waals surface area (Å²) in [4.78, 5) is 11.9. The van der Waals surface area contributed by atoms with E-state index in [2.05, 4.69) is 0 Å². The van der Waals surface area contributed by atoms with Gasteiger partial charge < -0.3 is 10.0 Å². The molecule has 1 rings (SSSR count). The van der Waals surface area contributed by atoms with E-state index in [-0.39, 0.29) is 19.0 Å². The highest BCUT2D eigenvalue weighted by molar-refractivity contribution is 5.73. The summed E-state index contributed by atoms with van der Waals surface area (Å²) in [6.45, 7) is 1.07. The average Bonchev–Trinajstić information content (AvgIpc) is 1.94. The van der Waals surface area contributed by atoms with Crippen LogP contribution in [0.3, 0.4) is 0 Å². The molecule has 0 spiro atoms. The molecule has 1 heterocycles. The summed E-state index contributed by atoms with van der Waals surface area (Å²) in [5.41, 5.74) is 0. The third-order valence-corrected chi connectivity index (χ3v) is 2.04. The number of carbonyl (C=O) groups excluding carboxylic acids is 1. The summed E-state index contributed by atoms with van der Waals surface area (Å²) < 4.78 is 25.3. The van der Waals surface area contributed by atoms with Crippen LogP contribution in [0.25, 0.3) is 0 Å².